The Morgan fingerprint density at radius 2 is 1.90 bits per heavy atom. The number of carbonyl (C=O) groups excluding carboxylic acids is 1. The summed E-state index contributed by atoms with van der Waals surface area (Å²) >= 11 is 8.76. The Morgan fingerprint density at radius 3 is 2.72 bits per heavy atom. The number of fused-ring (bicyclic) bond motifs is 4. The molecule has 0 saturated carbocycles. The number of thioether (sulfide) groups is 1. The van der Waals surface area contributed by atoms with Gasteiger partial charge in [0.05, 0.1) is 32.1 Å². The van der Waals surface area contributed by atoms with Gasteiger partial charge in [0.25, 0.3) is 0 Å². The lowest BCUT2D eigenvalue weighted by Crippen LogP contribution is -2.48. The van der Waals surface area contributed by atoms with E-state index in [-0.39, 0.29) is 5.91 Å². The minimum atomic E-state index is -0.437. The third-order valence-corrected chi connectivity index (χ3v) is 10.5. The third-order valence-electron chi connectivity index (χ3n) is 5.00. The molecule has 3 heterocycles. The summed E-state index contributed by atoms with van der Waals surface area (Å²) in [6.07, 6.45) is 0. The van der Waals surface area contributed by atoms with E-state index in [0.717, 1.165) is 35.2 Å². The fraction of sp³-hybridized carbons (Fsp3) is 0.190. The van der Waals surface area contributed by atoms with Crippen LogP contribution in [0.1, 0.15) is 18.7 Å². The van der Waals surface area contributed by atoms with E-state index in [0.29, 0.717) is 5.75 Å². The molecule has 0 unspecified atom stereocenters. The quantitative estimate of drug-likeness (QED) is 0.179. The molecule has 8 heteroatoms. The monoisotopic (exact) mass is 472 g/mol. The molecule has 0 saturated heterocycles. The number of amides is 1. The van der Waals surface area contributed by atoms with Crippen molar-refractivity contribution in [2.45, 2.75) is 23.7 Å². The van der Waals surface area contributed by atoms with Crippen LogP contribution in [0.15, 0.2) is 52.9 Å². The van der Waals surface area contributed by atoms with Crippen LogP contribution in [0.5, 0.6) is 0 Å². The van der Waals surface area contributed by atoms with Crippen molar-refractivity contribution >= 4 is 77.8 Å². The van der Waals surface area contributed by atoms with Crippen LogP contribution >= 0.6 is 56.0 Å². The fourth-order valence-electron chi connectivity index (χ4n) is 3.73. The zero-order chi connectivity index (χ0) is 20.2. The zero-order valence-electron chi connectivity index (χ0n) is 15.7. The summed E-state index contributed by atoms with van der Waals surface area (Å²) in [6.45, 7) is 4.22. The SMILES string of the molecule is CC1(C)c2ssc(=S)c2-c2ccccc2N1C(=O)CSc1nc2ccccc2s1. The lowest BCUT2D eigenvalue weighted by atomic mass is 9.87. The molecule has 2 aromatic heterocycles. The summed E-state index contributed by atoms with van der Waals surface area (Å²) in [6, 6.07) is 16.2. The molecule has 29 heavy (non-hydrogen) atoms. The highest BCUT2D eigenvalue weighted by Crippen LogP contribution is 2.52. The van der Waals surface area contributed by atoms with Gasteiger partial charge in [0, 0.05) is 11.1 Å². The van der Waals surface area contributed by atoms with Gasteiger partial charge in [-0.1, -0.05) is 75.0 Å². The highest BCUT2D eigenvalue weighted by Gasteiger charge is 2.42. The summed E-state index contributed by atoms with van der Waals surface area (Å²) in [5, 5.41) is 0. The minimum Gasteiger partial charge on any atom is -0.301 e. The molecule has 1 aliphatic rings. The molecule has 0 radical (unpaired) electrons. The van der Waals surface area contributed by atoms with Crippen molar-refractivity contribution in [1.29, 1.82) is 0 Å². The molecule has 0 N–H and O–H groups in total. The molecule has 1 aliphatic heterocycles. The fourth-order valence-corrected chi connectivity index (χ4v) is 8.92. The molecule has 146 valence electrons. The minimum absolute atomic E-state index is 0.0849. The molecular formula is C21H16N2OS5. The van der Waals surface area contributed by atoms with Crippen LogP contribution in [0.25, 0.3) is 21.3 Å². The first-order valence-corrected chi connectivity index (χ1v) is 13.4. The van der Waals surface area contributed by atoms with Gasteiger partial charge in [-0.25, -0.2) is 4.98 Å². The number of aromatic nitrogens is 1. The van der Waals surface area contributed by atoms with E-state index in [1.165, 1.54) is 16.6 Å². The van der Waals surface area contributed by atoms with E-state index < -0.39 is 5.54 Å². The Morgan fingerprint density at radius 1 is 1.14 bits per heavy atom. The number of anilines is 1. The number of hydrogen-bond acceptors (Lipinski definition) is 7. The van der Waals surface area contributed by atoms with E-state index in [1.54, 1.807) is 32.0 Å². The van der Waals surface area contributed by atoms with Crippen molar-refractivity contribution in [2.75, 3.05) is 10.7 Å². The molecule has 4 aromatic rings. The van der Waals surface area contributed by atoms with Gasteiger partial charge >= 0.3 is 0 Å². The second-order valence-corrected chi connectivity index (χ2v) is 12.3. The maximum Gasteiger partial charge on any atom is 0.238 e. The number of para-hydroxylation sites is 2. The predicted molar refractivity (Wildman–Crippen MR) is 129 cm³/mol. The highest BCUT2D eigenvalue weighted by atomic mass is 32.9. The lowest BCUT2D eigenvalue weighted by Gasteiger charge is -2.42. The largest absolute Gasteiger partial charge is 0.301 e. The average molecular weight is 473 g/mol. The predicted octanol–water partition coefficient (Wildman–Crippen LogP) is 7.19. The summed E-state index contributed by atoms with van der Waals surface area (Å²) in [7, 11) is 3.31. The molecule has 0 fully saturated rings. The average Bonchev–Trinajstić information content (AvgIpc) is 3.30. The number of thiazole rings is 1. The van der Waals surface area contributed by atoms with Crippen LogP contribution < -0.4 is 4.90 Å². The Bertz CT molecular complexity index is 1270. The number of benzene rings is 2. The Kier molecular flexibility index (Phi) is 4.87. The van der Waals surface area contributed by atoms with Crippen LogP contribution in [0.4, 0.5) is 5.69 Å². The third kappa shape index (κ3) is 3.18. The van der Waals surface area contributed by atoms with E-state index in [9.17, 15) is 4.79 Å². The first kappa shape index (κ1) is 19.4. The Hall–Kier alpha value is -1.58. The maximum atomic E-state index is 13.4. The molecule has 0 spiro atoms. The van der Waals surface area contributed by atoms with Gasteiger partial charge in [0.2, 0.25) is 5.91 Å². The number of nitrogens with zero attached hydrogens (tertiary/aromatic N) is 2. The summed E-state index contributed by atoms with van der Waals surface area (Å²) in [5.41, 5.74) is 3.67. The van der Waals surface area contributed by atoms with Gasteiger partial charge in [-0.15, -0.1) is 11.3 Å². The summed E-state index contributed by atoms with van der Waals surface area (Å²) in [5.74, 6) is 0.435. The number of carbonyl (C=O) groups is 1. The van der Waals surface area contributed by atoms with Crippen molar-refractivity contribution in [3.8, 4) is 11.1 Å². The van der Waals surface area contributed by atoms with Crippen molar-refractivity contribution in [1.82, 2.24) is 4.98 Å². The van der Waals surface area contributed by atoms with Gasteiger partial charge in [0.1, 0.15) is 3.82 Å². The molecule has 5 rings (SSSR count). The smallest absolute Gasteiger partial charge is 0.238 e. The Balaban J connectivity index is 1.49. The second-order valence-electron chi connectivity index (χ2n) is 7.20. The van der Waals surface area contributed by atoms with Crippen LogP contribution in [-0.2, 0) is 10.3 Å². The first-order valence-electron chi connectivity index (χ1n) is 9.01. The van der Waals surface area contributed by atoms with Gasteiger partial charge in [-0.05, 0) is 32.0 Å². The van der Waals surface area contributed by atoms with E-state index in [2.05, 4.69) is 31.0 Å². The highest BCUT2D eigenvalue weighted by molar-refractivity contribution is 8.01. The summed E-state index contributed by atoms with van der Waals surface area (Å²) in [4.78, 5) is 21.2. The van der Waals surface area contributed by atoms with E-state index in [1.807, 2.05) is 41.3 Å². The van der Waals surface area contributed by atoms with Crippen LogP contribution in [0, 0.1) is 3.82 Å². The molecular weight excluding hydrogens is 457 g/mol. The van der Waals surface area contributed by atoms with Crippen LogP contribution in [0.2, 0.25) is 0 Å². The molecule has 0 bridgehead atoms. The summed E-state index contributed by atoms with van der Waals surface area (Å²) < 4.78 is 2.98. The molecule has 2 aromatic carbocycles. The zero-order valence-corrected chi connectivity index (χ0v) is 19.8. The van der Waals surface area contributed by atoms with Crippen LogP contribution in [-0.4, -0.2) is 16.6 Å². The molecule has 0 aliphatic carbocycles. The number of rotatable bonds is 3. The number of hydrogen-bond donors (Lipinski definition) is 0. The van der Waals surface area contributed by atoms with Crippen molar-refractivity contribution in [2.24, 2.45) is 0 Å². The Labute approximate surface area is 189 Å². The van der Waals surface area contributed by atoms with E-state index >= 15 is 0 Å². The molecule has 3 nitrogen and oxygen atoms in total. The van der Waals surface area contributed by atoms with Crippen LogP contribution in [0.3, 0.4) is 0 Å². The topological polar surface area (TPSA) is 33.2 Å². The first-order chi connectivity index (χ1) is 14.0. The maximum absolute atomic E-state index is 13.4. The molecule has 1 amide bonds. The normalized spacial score (nSPS) is 14.6. The van der Waals surface area contributed by atoms with Crippen molar-refractivity contribution in [3.05, 3.63) is 57.2 Å². The van der Waals surface area contributed by atoms with Crippen molar-refractivity contribution < 1.29 is 4.79 Å². The van der Waals surface area contributed by atoms with Gasteiger partial charge in [-0.3, -0.25) is 4.79 Å². The standard InChI is InChI=1S/C21H16N2OS5/c1-21(2)18-17(19(25)29-28-18)12-7-3-5-9-14(12)23(21)16(24)11-26-20-22-13-8-4-6-10-15(13)27-20/h3-10H,11H2,1-2H3. The second kappa shape index (κ2) is 7.28. The van der Waals surface area contributed by atoms with E-state index in [4.69, 9.17) is 12.2 Å². The lowest BCUT2D eigenvalue weighted by molar-refractivity contribution is -0.117. The van der Waals surface area contributed by atoms with Gasteiger partial charge in [-0.2, -0.15) is 0 Å². The van der Waals surface area contributed by atoms with Gasteiger partial charge in [0.15, 0.2) is 4.34 Å². The van der Waals surface area contributed by atoms with Gasteiger partial charge < -0.3 is 4.90 Å². The van der Waals surface area contributed by atoms with Crippen molar-refractivity contribution in [3.63, 3.8) is 0 Å². The molecule has 0 atom stereocenters.